The Morgan fingerprint density at radius 2 is 2.00 bits per heavy atom. The van der Waals surface area contributed by atoms with Gasteiger partial charge in [-0.3, -0.25) is 0 Å². The van der Waals surface area contributed by atoms with Crippen LogP contribution in [-0.4, -0.2) is 33.4 Å². The fourth-order valence-electron chi connectivity index (χ4n) is 1.75. The number of unbranched alkanes of at least 4 members (excludes halogenated alkanes) is 1. The molecule has 0 aliphatic heterocycles. The molecule has 0 aromatic heterocycles. The summed E-state index contributed by atoms with van der Waals surface area (Å²) in [6.07, 6.45) is 3.08. The SMILES string of the molecule is CCc1cc(OCCCCNCCOC)ccc1Cl. The van der Waals surface area contributed by atoms with Gasteiger partial charge in [0.25, 0.3) is 0 Å². The van der Waals surface area contributed by atoms with Crippen molar-refractivity contribution in [1.29, 1.82) is 0 Å². The first-order chi connectivity index (χ1) is 9.27. The quantitative estimate of drug-likeness (QED) is 0.669. The van der Waals surface area contributed by atoms with Crippen LogP contribution in [0, 0.1) is 0 Å². The molecule has 0 saturated heterocycles. The Labute approximate surface area is 121 Å². The van der Waals surface area contributed by atoms with Crippen LogP contribution in [0.5, 0.6) is 5.75 Å². The molecule has 0 bridgehead atoms. The zero-order valence-electron chi connectivity index (χ0n) is 11.9. The summed E-state index contributed by atoms with van der Waals surface area (Å²) >= 11 is 6.07. The third kappa shape index (κ3) is 6.81. The van der Waals surface area contributed by atoms with Crippen LogP contribution in [0.1, 0.15) is 25.3 Å². The maximum absolute atomic E-state index is 6.07. The van der Waals surface area contributed by atoms with E-state index in [4.69, 9.17) is 21.1 Å². The fourth-order valence-corrected chi connectivity index (χ4v) is 2.00. The summed E-state index contributed by atoms with van der Waals surface area (Å²) in [4.78, 5) is 0. The molecule has 3 nitrogen and oxygen atoms in total. The van der Waals surface area contributed by atoms with E-state index in [2.05, 4.69) is 12.2 Å². The lowest BCUT2D eigenvalue weighted by Gasteiger charge is -2.09. The number of benzene rings is 1. The maximum atomic E-state index is 6.07. The van der Waals surface area contributed by atoms with E-state index in [0.29, 0.717) is 0 Å². The molecule has 0 amide bonds. The highest BCUT2D eigenvalue weighted by Gasteiger charge is 2.00. The smallest absolute Gasteiger partial charge is 0.119 e. The Morgan fingerprint density at radius 1 is 1.16 bits per heavy atom. The number of nitrogens with one attached hydrogen (secondary N) is 1. The van der Waals surface area contributed by atoms with Gasteiger partial charge in [0.1, 0.15) is 5.75 Å². The molecule has 108 valence electrons. The van der Waals surface area contributed by atoms with E-state index in [-0.39, 0.29) is 0 Å². The van der Waals surface area contributed by atoms with Gasteiger partial charge in [0.15, 0.2) is 0 Å². The zero-order chi connectivity index (χ0) is 13.9. The standard InChI is InChI=1S/C15H24ClNO2/c1-3-13-12-14(6-7-15(13)16)19-10-5-4-8-17-9-11-18-2/h6-7,12,17H,3-5,8-11H2,1-2H3. The largest absolute Gasteiger partial charge is 0.494 e. The summed E-state index contributed by atoms with van der Waals surface area (Å²) in [6.45, 7) is 5.52. The van der Waals surface area contributed by atoms with Crippen LogP contribution in [0.2, 0.25) is 5.02 Å². The molecule has 0 aliphatic rings. The monoisotopic (exact) mass is 285 g/mol. The molecule has 0 radical (unpaired) electrons. The molecule has 0 heterocycles. The number of methoxy groups -OCH3 is 1. The van der Waals surface area contributed by atoms with E-state index in [1.807, 2.05) is 18.2 Å². The van der Waals surface area contributed by atoms with Gasteiger partial charge in [0, 0.05) is 18.7 Å². The minimum absolute atomic E-state index is 0.747. The number of hydrogen-bond acceptors (Lipinski definition) is 3. The highest BCUT2D eigenvalue weighted by molar-refractivity contribution is 6.31. The summed E-state index contributed by atoms with van der Waals surface area (Å²) in [5.41, 5.74) is 1.14. The fraction of sp³-hybridized carbons (Fsp3) is 0.600. The normalized spacial score (nSPS) is 10.7. The van der Waals surface area contributed by atoms with Crippen molar-refractivity contribution in [3.8, 4) is 5.75 Å². The van der Waals surface area contributed by atoms with Gasteiger partial charge in [-0.15, -0.1) is 0 Å². The Morgan fingerprint density at radius 3 is 2.74 bits per heavy atom. The molecule has 0 unspecified atom stereocenters. The average molecular weight is 286 g/mol. The van der Waals surface area contributed by atoms with Gasteiger partial charge < -0.3 is 14.8 Å². The lowest BCUT2D eigenvalue weighted by Crippen LogP contribution is -2.20. The summed E-state index contributed by atoms with van der Waals surface area (Å²) in [5.74, 6) is 0.911. The lowest BCUT2D eigenvalue weighted by atomic mass is 10.1. The number of ether oxygens (including phenoxy) is 2. The van der Waals surface area contributed by atoms with E-state index in [0.717, 1.165) is 61.9 Å². The van der Waals surface area contributed by atoms with Crippen molar-refractivity contribution >= 4 is 11.6 Å². The molecule has 0 aliphatic carbocycles. The van der Waals surface area contributed by atoms with E-state index < -0.39 is 0 Å². The van der Waals surface area contributed by atoms with Crippen LogP contribution < -0.4 is 10.1 Å². The van der Waals surface area contributed by atoms with Crippen LogP contribution in [0.15, 0.2) is 18.2 Å². The second kappa shape index (κ2) is 10.1. The summed E-state index contributed by atoms with van der Waals surface area (Å²) in [7, 11) is 1.71. The first-order valence-corrected chi connectivity index (χ1v) is 7.26. The van der Waals surface area contributed by atoms with Gasteiger partial charge in [-0.25, -0.2) is 0 Å². The lowest BCUT2D eigenvalue weighted by molar-refractivity contribution is 0.199. The predicted molar refractivity (Wildman–Crippen MR) is 80.3 cm³/mol. The van der Waals surface area contributed by atoms with E-state index in [9.17, 15) is 0 Å². The molecule has 0 fully saturated rings. The van der Waals surface area contributed by atoms with Crippen LogP contribution in [-0.2, 0) is 11.2 Å². The van der Waals surface area contributed by atoms with Crippen molar-refractivity contribution in [3.05, 3.63) is 28.8 Å². The van der Waals surface area contributed by atoms with Crippen LogP contribution in [0.25, 0.3) is 0 Å². The van der Waals surface area contributed by atoms with Gasteiger partial charge in [0.05, 0.1) is 13.2 Å². The summed E-state index contributed by atoms with van der Waals surface area (Å²) in [5, 5.41) is 4.13. The first-order valence-electron chi connectivity index (χ1n) is 6.88. The van der Waals surface area contributed by atoms with Crippen molar-refractivity contribution in [2.24, 2.45) is 0 Å². The van der Waals surface area contributed by atoms with Crippen molar-refractivity contribution in [2.75, 3.05) is 33.4 Å². The van der Waals surface area contributed by atoms with Gasteiger partial charge in [0.2, 0.25) is 0 Å². The van der Waals surface area contributed by atoms with Crippen LogP contribution in [0.4, 0.5) is 0 Å². The van der Waals surface area contributed by atoms with Gasteiger partial charge in [-0.2, -0.15) is 0 Å². The van der Waals surface area contributed by atoms with Crippen molar-refractivity contribution < 1.29 is 9.47 Å². The Hall–Kier alpha value is -0.770. The highest BCUT2D eigenvalue weighted by atomic mass is 35.5. The van der Waals surface area contributed by atoms with Crippen LogP contribution >= 0.6 is 11.6 Å². The maximum Gasteiger partial charge on any atom is 0.119 e. The van der Waals surface area contributed by atoms with E-state index in [1.165, 1.54) is 0 Å². The van der Waals surface area contributed by atoms with Gasteiger partial charge in [-0.05, 0) is 49.6 Å². The van der Waals surface area contributed by atoms with Crippen molar-refractivity contribution in [1.82, 2.24) is 5.32 Å². The molecule has 4 heteroatoms. The number of aryl methyl sites for hydroxylation is 1. The van der Waals surface area contributed by atoms with Gasteiger partial charge in [-0.1, -0.05) is 18.5 Å². The number of halogens is 1. The molecule has 0 spiro atoms. The topological polar surface area (TPSA) is 30.5 Å². The minimum Gasteiger partial charge on any atom is -0.494 e. The summed E-state index contributed by atoms with van der Waals surface area (Å²) in [6, 6.07) is 5.86. The second-order valence-corrected chi connectivity index (χ2v) is 4.81. The average Bonchev–Trinajstić information content (AvgIpc) is 2.43. The molecule has 1 N–H and O–H groups in total. The second-order valence-electron chi connectivity index (χ2n) is 4.41. The number of rotatable bonds is 10. The first kappa shape index (κ1) is 16.3. The van der Waals surface area contributed by atoms with E-state index >= 15 is 0 Å². The molecular formula is C15H24ClNO2. The summed E-state index contributed by atoms with van der Waals surface area (Å²) < 4.78 is 10.7. The highest BCUT2D eigenvalue weighted by Crippen LogP contribution is 2.22. The Balaban J connectivity index is 2.12. The molecule has 19 heavy (non-hydrogen) atoms. The predicted octanol–water partition coefficient (Wildman–Crippen LogP) is 3.30. The van der Waals surface area contributed by atoms with Crippen molar-refractivity contribution in [2.45, 2.75) is 26.2 Å². The third-order valence-electron chi connectivity index (χ3n) is 2.90. The Bertz CT molecular complexity index is 358. The van der Waals surface area contributed by atoms with E-state index in [1.54, 1.807) is 7.11 Å². The Kier molecular flexibility index (Phi) is 8.63. The number of hydrogen-bond donors (Lipinski definition) is 1. The third-order valence-corrected chi connectivity index (χ3v) is 3.27. The molecule has 1 rings (SSSR count). The van der Waals surface area contributed by atoms with Crippen LogP contribution in [0.3, 0.4) is 0 Å². The molecule has 1 aromatic carbocycles. The molecular weight excluding hydrogens is 262 g/mol. The van der Waals surface area contributed by atoms with Gasteiger partial charge >= 0.3 is 0 Å². The molecule has 1 aromatic rings. The molecule has 0 atom stereocenters. The molecule has 0 saturated carbocycles. The van der Waals surface area contributed by atoms with Crippen molar-refractivity contribution in [3.63, 3.8) is 0 Å². The minimum atomic E-state index is 0.747. The zero-order valence-corrected chi connectivity index (χ0v) is 12.6.